The van der Waals surface area contributed by atoms with Gasteiger partial charge in [-0.25, -0.2) is 0 Å². The van der Waals surface area contributed by atoms with Gasteiger partial charge in [-0.1, -0.05) is 35.5 Å². The third-order valence-corrected chi connectivity index (χ3v) is 2.36. The number of carbonyl (C=O) groups is 1. The van der Waals surface area contributed by atoms with Crippen molar-refractivity contribution in [2.45, 2.75) is 6.92 Å². The molecule has 0 atom stereocenters. The second-order valence-corrected chi connectivity index (χ2v) is 3.54. The van der Waals surface area contributed by atoms with Crippen molar-refractivity contribution < 1.29 is 9.53 Å². The summed E-state index contributed by atoms with van der Waals surface area (Å²) in [7, 11) is 0.554. The molecule has 2 radical (unpaired) electrons. The highest BCUT2D eigenvalue weighted by molar-refractivity contribution is 6.53. The van der Waals surface area contributed by atoms with Gasteiger partial charge in [0.2, 0.25) is 0 Å². The molecular formula is C9H10O2Si. The number of esters is 1. The van der Waals surface area contributed by atoms with Gasteiger partial charge in [-0.15, -0.1) is 0 Å². The number of ether oxygens (including phenoxy) is 1. The summed E-state index contributed by atoms with van der Waals surface area (Å²) >= 11 is 0. The molecule has 0 saturated carbocycles. The van der Waals surface area contributed by atoms with E-state index < -0.39 is 0 Å². The van der Waals surface area contributed by atoms with Gasteiger partial charge in [0.25, 0.3) is 0 Å². The van der Waals surface area contributed by atoms with Crippen LogP contribution in [0.3, 0.4) is 0 Å². The molecule has 0 aliphatic carbocycles. The smallest absolute Gasteiger partial charge is 0.302 e. The Hall–Kier alpha value is -1.09. The normalized spacial score (nSPS) is 9.42. The van der Waals surface area contributed by atoms with Crippen LogP contribution < -0.4 is 5.19 Å². The fourth-order valence-corrected chi connectivity index (χ4v) is 1.65. The van der Waals surface area contributed by atoms with E-state index in [1.165, 1.54) is 12.1 Å². The lowest BCUT2D eigenvalue weighted by Gasteiger charge is -1.99. The Morgan fingerprint density at radius 2 is 2.08 bits per heavy atom. The molecule has 62 valence electrons. The maximum Gasteiger partial charge on any atom is 0.302 e. The molecule has 0 saturated heterocycles. The Balaban J connectivity index is 2.29. The lowest BCUT2D eigenvalue weighted by molar-refractivity contribution is -0.138. The van der Waals surface area contributed by atoms with Crippen LogP contribution in [0.1, 0.15) is 6.92 Å². The molecule has 0 heterocycles. The molecule has 1 rings (SSSR count). The molecule has 0 aromatic heterocycles. The maximum atomic E-state index is 10.4. The highest BCUT2D eigenvalue weighted by Crippen LogP contribution is 1.82. The molecule has 12 heavy (non-hydrogen) atoms. The molecule has 0 aliphatic heterocycles. The molecule has 3 heteroatoms. The van der Waals surface area contributed by atoms with Crippen LogP contribution in [0, 0.1) is 0 Å². The van der Waals surface area contributed by atoms with E-state index in [9.17, 15) is 4.79 Å². The number of hydrogen-bond acceptors (Lipinski definition) is 2. The molecular weight excluding hydrogens is 168 g/mol. The summed E-state index contributed by atoms with van der Waals surface area (Å²) in [4.78, 5) is 10.4. The van der Waals surface area contributed by atoms with Gasteiger partial charge in [-0.2, -0.15) is 0 Å². The van der Waals surface area contributed by atoms with E-state index in [0.29, 0.717) is 15.7 Å². The average Bonchev–Trinajstić information content (AvgIpc) is 2.05. The van der Waals surface area contributed by atoms with Crippen molar-refractivity contribution in [1.82, 2.24) is 0 Å². The summed E-state index contributed by atoms with van der Waals surface area (Å²) in [5.41, 5.74) is 0. The minimum Gasteiger partial charge on any atom is -0.470 e. The van der Waals surface area contributed by atoms with Crippen molar-refractivity contribution in [3.05, 3.63) is 30.3 Å². The predicted molar refractivity (Wildman–Crippen MR) is 48.5 cm³/mol. The monoisotopic (exact) mass is 178 g/mol. The number of rotatable bonds is 3. The first-order chi connectivity index (χ1) is 5.79. The highest BCUT2D eigenvalue weighted by atomic mass is 28.2. The van der Waals surface area contributed by atoms with Gasteiger partial charge >= 0.3 is 5.97 Å². The molecule has 0 spiro atoms. The molecule has 0 amide bonds. The zero-order chi connectivity index (χ0) is 8.81. The van der Waals surface area contributed by atoms with Crippen LogP contribution in [-0.2, 0) is 9.53 Å². The first-order valence-electron chi connectivity index (χ1n) is 3.71. The number of carbonyl (C=O) groups excluding carboxylic acids is 1. The largest absolute Gasteiger partial charge is 0.470 e. The number of benzene rings is 1. The fraction of sp³-hybridized carbons (Fsp3) is 0.222. The Labute approximate surface area is 74.4 Å². The van der Waals surface area contributed by atoms with Crippen molar-refractivity contribution in [3.8, 4) is 0 Å². The van der Waals surface area contributed by atoms with E-state index >= 15 is 0 Å². The van der Waals surface area contributed by atoms with E-state index in [-0.39, 0.29) is 5.97 Å². The lowest BCUT2D eigenvalue weighted by atomic mass is 10.4. The summed E-state index contributed by atoms with van der Waals surface area (Å²) in [6, 6.07) is 10.00. The first-order valence-corrected chi connectivity index (χ1v) is 4.92. The molecule has 0 fully saturated rings. The summed E-state index contributed by atoms with van der Waals surface area (Å²) in [5, 5.41) is 1.22. The minimum atomic E-state index is -0.210. The van der Waals surface area contributed by atoms with E-state index in [1.54, 1.807) is 0 Å². The van der Waals surface area contributed by atoms with Crippen LogP contribution in [0.4, 0.5) is 0 Å². The Kier molecular flexibility index (Phi) is 3.54. The average molecular weight is 178 g/mol. The molecule has 1 aromatic carbocycles. The number of hydrogen-bond donors (Lipinski definition) is 0. The van der Waals surface area contributed by atoms with Crippen molar-refractivity contribution in [3.63, 3.8) is 0 Å². The molecule has 0 aliphatic rings. The van der Waals surface area contributed by atoms with Crippen molar-refractivity contribution >= 4 is 20.7 Å². The summed E-state index contributed by atoms with van der Waals surface area (Å²) in [6.07, 6.45) is 0.499. The zero-order valence-corrected chi connectivity index (χ0v) is 7.91. The van der Waals surface area contributed by atoms with Gasteiger partial charge in [0.15, 0.2) is 0 Å². The zero-order valence-electron chi connectivity index (χ0n) is 6.91. The van der Waals surface area contributed by atoms with Crippen LogP contribution in [0.25, 0.3) is 0 Å². The summed E-state index contributed by atoms with van der Waals surface area (Å²) < 4.78 is 4.82. The van der Waals surface area contributed by atoms with Crippen molar-refractivity contribution in [2.24, 2.45) is 0 Å². The van der Waals surface area contributed by atoms with Gasteiger partial charge in [0.1, 0.15) is 9.52 Å². The quantitative estimate of drug-likeness (QED) is 0.499. The summed E-state index contributed by atoms with van der Waals surface area (Å²) in [5.74, 6) is -0.210. The van der Waals surface area contributed by atoms with Gasteiger partial charge < -0.3 is 4.74 Å². The highest BCUT2D eigenvalue weighted by Gasteiger charge is 1.95. The second-order valence-electron chi connectivity index (χ2n) is 2.32. The van der Waals surface area contributed by atoms with E-state index in [2.05, 4.69) is 0 Å². The van der Waals surface area contributed by atoms with E-state index in [1.807, 2.05) is 30.3 Å². The van der Waals surface area contributed by atoms with Crippen molar-refractivity contribution in [2.75, 3.05) is 6.23 Å². The van der Waals surface area contributed by atoms with Gasteiger partial charge in [-0.3, -0.25) is 4.79 Å². The molecule has 0 N–H and O–H groups in total. The summed E-state index contributed by atoms with van der Waals surface area (Å²) in [6.45, 7) is 1.43. The van der Waals surface area contributed by atoms with Gasteiger partial charge in [-0.05, 0) is 0 Å². The third-order valence-electron chi connectivity index (χ3n) is 1.33. The van der Waals surface area contributed by atoms with Gasteiger partial charge in [0, 0.05) is 6.92 Å². The minimum absolute atomic E-state index is 0.210. The molecule has 0 unspecified atom stereocenters. The van der Waals surface area contributed by atoms with Crippen LogP contribution in [-0.4, -0.2) is 21.7 Å². The third kappa shape index (κ3) is 3.34. The van der Waals surface area contributed by atoms with Gasteiger partial charge in [0.05, 0.1) is 6.23 Å². The first kappa shape index (κ1) is 9.00. The Morgan fingerprint density at radius 1 is 1.42 bits per heavy atom. The van der Waals surface area contributed by atoms with Crippen LogP contribution in [0.15, 0.2) is 30.3 Å². The van der Waals surface area contributed by atoms with Crippen LogP contribution in [0.5, 0.6) is 0 Å². The maximum absolute atomic E-state index is 10.4. The lowest BCUT2D eigenvalue weighted by Crippen LogP contribution is -2.20. The molecule has 2 nitrogen and oxygen atoms in total. The predicted octanol–water partition coefficient (Wildman–Crippen LogP) is 0.537. The van der Waals surface area contributed by atoms with Crippen molar-refractivity contribution in [1.29, 1.82) is 0 Å². The Bertz CT molecular complexity index is 246. The fourth-order valence-electron chi connectivity index (χ4n) is 0.777. The standard InChI is InChI=1S/C9H10O2Si/c1-8(10)11-7-12-9-5-3-2-4-6-9/h2-6H,7H2,1H3. The topological polar surface area (TPSA) is 26.3 Å². The van der Waals surface area contributed by atoms with E-state index in [0.717, 1.165) is 0 Å². The SMILES string of the molecule is CC(=O)OC[Si]c1ccccc1. The van der Waals surface area contributed by atoms with E-state index in [4.69, 9.17) is 4.74 Å². The van der Waals surface area contributed by atoms with Crippen LogP contribution in [0.2, 0.25) is 0 Å². The second kappa shape index (κ2) is 4.72. The van der Waals surface area contributed by atoms with Crippen LogP contribution >= 0.6 is 0 Å². The Morgan fingerprint density at radius 3 is 2.67 bits per heavy atom. The molecule has 1 aromatic rings. The molecule has 0 bridgehead atoms.